The number of carbonyl (C=O) groups is 6. The van der Waals surface area contributed by atoms with Crippen LogP contribution in [0.4, 0.5) is 0 Å². The quantitative estimate of drug-likeness (QED) is 0.0194. The van der Waals surface area contributed by atoms with Crippen LogP contribution in [-0.2, 0) is 14.4 Å². The summed E-state index contributed by atoms with van der Waals surface area (Å²) in [7, 11) is 11.8. The first-order valence-electron chi connectivity index (χ1n) is 42.0. The fraction of sp³-hybridized carbons (Fsp3) is 0.406. The molecule has 3 aromatic heterocycles. The molecular weight excluding hydrogens is 1750 g/mol. The fourth-order valence-electron chi connectivity index (χ4n) is 18.0. The topological polar surface area (TPSA) is 316 Å². The molecule has 8 N–H and O–H groups in total. The lowest BCUT2D eigenvalue weighted by Crippen LogP contribution is -2.70. The van der Waals surface area contributed by atoms with Gasteiger partial charge in [0.05, 0.1) is 51.5 Å². The van der Waals surface area contributed by atoms with Crippen LogP contribution in [0.15, 0.2) is 164 Å². The zero-order valence-corrected chi connectivity index (χ0v) is 77.4. The van der Waals surface area contributed by atoms with E-state index in [1.54, 1.807) is 54.6 Å². The van der Waals surface area contributed by atoms with Gasteiger partial charge in [0.1, 0.15) is 63.7 Å². The molecule has 6 fully saturated rings. The predicted molar refractivity (Wildman–Crippen MR) is 502 cm³/mol. The second-order valence-corrected chi connectivity index (χ2v) is 35.6. The molecule has 0 saturated heterocycles. The zero-order valence-electron chi connectivity index (χ0n) is 71.9. The number of nitrogens with one attached hydrogen (secondary N) is 3. The van der Waals surface area contributed by atoms with Gasteiger partial charge in [-0.15, -0.1) is 37.2 Å². The number of aliphatic hydroxyl groups excluding tert-OH is 2. The Labute approximate surface area is 775 Å². The largest absolute Gasteiger partial charge is 0.492 e. The number of pyridine rings is 3. The standard InChI is InChI=1S/C35H40ClN3O5.C31H36ClN3O5.C30H33Cl2N3O4.3ClH/c1-20-6-4-5-7-27(20)28-9-11-30(33(41)38-35(34(42)43)24-13-21-12-22(15-24)16-25(35)14-21)37-32(28)23-8-10-29(36)31(17-23)44-19-26(40)18-39(2)3;1-20-7-4-5-8-23(20)24-10-12-26(29(37)34-31(30(38)39)15-13-22(36)14-16-31)33-28(24)21-9-11-25(32)27(19-21)40-18-6-17-35(2)3;1-35(2)17-8-18-39-26-19-20(11-13-24(26)32)27-22(21-9-4-5-10-23(21)31)12-14-25(33-27)28(36)34-30(29(37)38)15-6-3-7-16-30;;;/h4-11,17,21-22,24-26,40H,12-16,18-19H2,1-3H3,(H,38,41)(H,42,43);4-5,7-12,19,22,36H,6,13-18H2,1-3H3,(H,34,37)(H,38,39);4-5,9-14,19H,3,6-8,15-18H2,1-2H3,(H,34,36)(H,37,38);3*1H/t21?,22?,24?,25?,26-,35?;;;;;/m1...../s1. The van der Waals surface area contributed by atoms with Crippen molar-refractivity contribution in [3.05, 3.63) is 212 Å². The zero-order chi connectivity index (χ0) is 88.0. The summed E-state index contributed by atoms with van der Waals surface area (Å²) in [6.45, 7) is 7.27. The number of hydrogen-bond acceptors (Lipinski definition) is 17. The number of benzene rings is 6. The molecule has 674 valence electrons. The summed E-state index contributed by atoms with van der Waals surface area (Å²) in [5.41, 5.74) is 7.23. The van der Waals surface area contributed by atoms with Crippen LogP contribution in [0, 0.1) is 37.5 Å². The van der Waals surface area contributed by atoms with Gasteiger partial charge in [0.15, 0.2) is 0 Å². The smallest absolute Gasteiger partial charge is 0.330 e. The summed E-state index contributed by atoms with van der Waals surface area (Å²) in [4.78, 5) is 98.3. The molecule has 126 heavy (non-hydrogen) atoms. The van der Waals surface area contributed by atoms with E-state index in [4.69, 9.17) is 75.6 Å². The highest BCUT2D eigenvalue weighted by molar-refractivity contribution is 6.34. The molecule has 0 spiro atoms. The number of carboxylic acid groups (broad SMARTS) is 3. The molecule has 0 radical (unpaired) electrons. The van der Waals surface area contributed by atoms with Crippen molar-refractivity contribution in [2.24, 2.45) is 23.7 Å². The molecular formula is C96H112Cl7N9O14. The number of rotatable bonds is 30. The van der Waals surface area contributed by atoms with Gasteiger partial charge in [-0.25, -0.2) is 29.3 Å². The van der Waals surface area contributed by atoms with Gasteiger partial charge >= 0.3 is 17.9 Å². The third-order valence-corrected chi connectivity index (χ3v) is 25.5. The first kappa shape index (κ1) is 101. The van der Waals surface area contributed by atoms with Crippen molar-refractivity contribution in [2.75, 3.05) is 81.7 Å². The molecule has 0 unspecified atom stereocenters. The molecule has 6 aliphatic carbocycles. The molecule has 6 aliphatic rings. The van der Waals surface area contributed by atoms with Gasteiger partial charge in [-0.2, -0.15) is 0 Å². The van der Waals surface area contributed by atoms with Gasteiger partial charge < -0.3 is 70.4 Å². The van der Waals surface area contributed by atoms with E-state index < -0.39 is 64.5 Å². The van der Waals surface area contributed by atoms with Crippen LogP contribution < -0.4 is 30.2 Å². The summed E-state index contributed by atoms with van der Waals surface area (Å²) >= 11 is 25.9. The van der Waals surface area contributed by atoms with Crippen molar-refractivity contribution >= 4 is 119 Å². The van der Waals surface area contributed by atoms with E-state index in [1.165, 1.54) is 6.42 Å². The SMILES string of the molecule is CN(C)CCCOc1cc(-c2nc(C(=O)NC3(C(=O)O)CCCCC3)ccc2-c2ccccc2Cl)ccc1Cl.Cc1ccccc1-c1ccc(C(=O)NC2(C(=O)O)C3CC4CC(C3)CC2C4)nc1-c1ccc(Cl)c(OC[C@H](O)CN(C)C)c1.Cc1ccccc1-c1ccc(C(=O)NC2(C(=O)O)CCC(O)CC2)nc1-c1ccc(Cl)c(OCCCN(C)C)c1.Cl.Cl.Cl. The van der Waals surface area contributed by atoms with Gasteiger partial charge in [-0.05, 0) is 264 Å². The number of likely N-dealkylation sites (N-methyl/N-ethyl adjacent to an activating group) is 1. The van der Waals surface area contributed by atoms with Crippen molar-refractivity contribution < 1.29 is 68.5 Å². The third kappa shape index (κ3) is 24.2. The number of aliphatic carboxylic acids is 3. The van der Waals surface area contributed by atoms with Crippen molar-refractivity contribution in [1.82, 2.24) is 45.6 Å². The maximum atomic E-state index is 13.9. The molecule has 1 atom stereocenters. The van der Waals surface area contributed by atoms with E-state index in [9.17, 15) is 54.3 Å². The van der Waals surface area contributed by atoms with Crippen LogP contribution in [-0.4, -0.2) is 201 Å². The minimum absolute atomic E-state index is 0. The van der Waals surface area contributed by atoms with E-state index in [0.717, 1.165) is 115 Å². The van der Waals surface area contributed by atoms with Crippen molar-refractivity contribution in [3.8, 4) is 84.4 Å². The molecule has 6 aromatic carbocycles. The molecule has 3 amide bonds. The van der Waals surface area contributed by atoms with Crippen LogP contribution in [0.25, 0.3) is 67.2 Å². The van der Waals surface area contributed by atoms with Gasteiger partial charge in [-0.3, -0.25) is 14.4 Å². The van der Waals surface area contributed by atoms with E-state index in [-0.39, 0.29) is 85.6 Å². The van der Waals surface area contributed by atoms with Gasteiger partial charge in [0, 0.05) is 63.6 Å². The Morgan fingerprint density at radius 1 is 0.437 bits per heavy atom. The van der Waals surface area contributed by atoms with Gasteiger partial charge in [0.2, 0.25) is 0 Å². The Kier molecular flexibility index (Phi) is 36.1. The van der Waals surface area contributed by atoms with Crippen molar-refractivity contribution in [3.63, 3.8) is 0 Å². The van der Waals surface area contributed by atoms with Crippen LogP contribution in [0.3, 0.4) is 0 Å². The van der Waals surface area contributed by atoms with E-state index in [2.05, 4.69) is 25.8 Å². The van der Waals surface area contributed by atoms with E-state index in [0.29, 0.717) is 128 Å². The van der Waals surface area contributed by atoms with E-state index in [1.807, 2.05) is 170 Å². The molecule has 30 heteroatoms. The normalized spacial score (nSPS) is 19.6. The molecule has 9 aromatic rings. The number of aromatic nitrogens is 3. The maximum Gasteiger partial charge on any atom is 0.330 e. The summed E-state index contributed by atoms with van der Waals surface area (Å²) in [6.07, 6.45) is 9.12. The molecule has 0 aliphatic heterocycles. The molecule has 15 rings (SSSR count). The Bertz CT molecular complexity index is 5290. The fourth-order valence-corrected chi connectivity index (χ4v) is 18.7. The third-order valence-electron chi connectivity index (χ3n) is 24.2. The van der Waals surface area contributed by atoms with Crippen LogP contribution in [0.1, 0.15) is 145 Å². The molecule has 4 bridgehead atoms. The highest BCUT2D eigenvalue weighted by Gasteiger charge is 2.62. The van der Waals surface area contributed by atoms with Crippen LogP contribution in [0.5, 0.6) is 17.2 Å². The number of amides is 3. The molecule has 23 nitrogen and oxygen atoms in total. The Morgan fingerprint density at radius 3 is 1.19 bits per heavy atom. The number of halogens is 7. The molecule has 6 saturated carbocycles. The average molecular weight is 1860 g/mol. The number of nitrogens with zero attached hydrogens (tertiary/aromatic N) is 6. The number of aliphatic hydroxyl groups is 2. The first-order valence-corrected chi connectivity index (χ1v) is 43.5. The van der Waals surface area contributed by atoms with Gasteiger partial charge in [0.25, 0.3) is 17.7 Å². The second-order valence-electron chi connectivity index (χ2n) is 34.0. The molecule has 3 heterocycles. The first-order chi connectivity index (χ1) is 58.8. The Hall–Kier alpha value is -9.18. The number of carboxylic acids is 3. The minimum atomic E-state index is -1.44. The van der Waals surface area contributed by atoms with Crippen molar-refractivity contribution in [2.45, 2.75) is 145 Å². The van der Waals surface area contributed by atoms with Crippen LogP contribution >= 0.6 is 83.6 Å². The number of carbonyl (C=O) groups excluding carboxylic acids is 3. The summed E-state index contributed by atoms with van der Waals surface area (Å²) in [6, 6.07) is 49.8. The Morgan fingerprint density at radius 2 is 0.810 bits per heavy atom. The monoisotopic (exact) mass is 1860 g/mol. The second kappa shape index (κ2) is 45.2. The lowest BCUT2D eigenvalue weighted by Gasteiger charge is -2.59. The van der Waals surface area contributed by atoms with Crippen LogP contribution in [0.2, 0.25) is 20.1 Å². The summed E-state index contributed by atoms with van der Waals surface area (Å²) < 4.78 is 17.9. The lowest BCUT2D eigenvalue weighted by molar-refractivity contribution is -0.163. The maximum absolute atomic E-state index is 13.9. The average Bonchev–Trinajstić information content (AvgIpc) is 0.715. The highest BCUT2D eigenvalue weighted by Crippen LogP contribution is 2.59. The number of hydrogen-bond donors (Lipinski definition) is 8. The lowest BCUT2D eigenvalue weighted by atomic mass is 9.48. The summed E-state index contributed by atoms with van der Waals surface area (Å²) in [5, 5.41) is 61.1. The number of aryl methyl sites for hydroxylation is 2. The van der Waals surface area contributed by atoms with Gasteiger partial charge in [-0.1, -0.05) is 151 Å². The Balaban J connectivity index is 0.000000212. The predicted octanol–water partition coefficient (Wildman–Crippen LogP) is 18.7. The number of ether oxygens (including phenoxy) is 3. The highest BCUT2D eigenvalue weighted by atomic mass is 35.5. The minimum Gasteiger partial charge on any atom is -0.492 e. The van der Waals surface area contributed by atoms with Crippen molar-refractivity contribution in [1.29, 1.82) is 0 Å². The van der Waals surface area contributed by atoms with E-state index >= 15 is 0 Å². The summed E-state index contributed by atoms with van der Waals surface area (Å²) in [5.74, 6) is -2.22.